The molecule has 0 radical (unpaired) electrons. The lowest BCUT2D eigenvalue weighted by atomic mass is 10.2. The van der Waals surface area contributed by atoms with E-state index in [2.05, 4.69) is 20.1 Å². The molecule has 2 aromatic carbocycles. The van der Waals surface area contributed by atoms with Crippen LogP contribution in [0.2, 0.25) is 0 Å². The van der Waals surface area contributed by atoms with Crippen molar-refractivity contribution in [3.8, 4) is 5.75 Å². The predicted molar refractivity (Wildman–Crippen MR) is 121 cm³/mol. The summed E-state index contributed by atoms with van der Waals surface area (Å²) < 4.78 is 19.0. The van der Waals surface area contributed by atoms with Crippen LogP contribution >= 0.6 is 11.3 Å². The minimum Gasteiger partial charge on any atom is -0.485 e. The number of carbonyl (C=O) groups is 1. The van der Waals surface area contributed by atoms with E-state index in [4.69, 9.17) is 4.74 Å². The first-order valence-electron chi connectivity index (χ1n) is 10.2. The van der Waals surface area contributed by atoms with Crippen molar-refractivity contribution in [1.82, 2.24) is 9.88 Å². The first-order chi connectivity index (χ1) is 15.1. The van der Waals surface area contributed by atoms with Crippen LogP contribution in [-0.4, -0.2) is 48.0 Å². The average molecular weight is 441 g/mol. The summed E-state index contributed by atoms with van der Waals surface area (Å²) in [5, 5.41) is 4.95. The van der Waals surface area contributed by atoms with Crippen molar-refractivity contribution in [3.05, 3.63) is 70.9 Å². The maximum Gasteiger partial charge on any atom is 0.241 e. The number of thiazole rings is 1. The number of nitrogens with one attached hydrogen (secondary N) is 1. The van der Waals surface area contributed by atoms with E-state index in [0.717, 1.165) is 37.6 Å². The Morgan fingerprint density at radius 1 is 1.16 bits per heavy atom. The van der Waals surface area contributed by atoms with Gasteiger partial charge in [-0.15, -0.1) is 11.3 Å². The van der Waals surface area contributed by atoms with Gasteiger partial charge in [-0.3, -0.25) is 9.69 Å². The molecule has 0 aliphatic carbocycles. The Bertz CT molecular complexity index is 989. The number of anilines is 2. The normalized spacial score (nSPS) is 15.5. The lowest BCUT2D eigenvalue weighted by molar-refractivity contribution is -0.120. The second-order valence-corrected chi connectivity index (χ2v) is 8.15. The largest absolute Gasteiger partial charge is 0.485 e. The lowest BCUT2D eigenvalue weighted by Crippen LogP contribution is -2.52. The van der Waals surface area contributed by atoms with E-state index in [1.165, 1.54) is 23.5 Å². The number of benzene rings is 2. The van der Waals surface area contributed by atoms with Gasteiger partial charge in [0.25, 0.3) is 0 Å². The van der Waals surface area contributed by atoms with E-state index >= 15 is 0 Å². The Labute approximate surface area is 185 Å². The van der Waals surface area contributed by atoms with Gasteiger partial charge in [0.1, 0.15) is 18.2 Å². The van der Waals surface area contributed by atoms with Crippen LogP contribution in [0.3, 0.4) is 0 Å². The number of hydrogen-bond acceptors (Lipinski definition) is 6. The molecule has 1 aliphatic heterocycles. The lowest BCUT2D eigenvalue weighted by Gasteiger charge is -2.38. The third-order valence-corrected chi connectivity index (χ3v) is 6.07. The van der Waals surface area contributed by atoms with Crippen LogP contribution in [0.5, 0.6) is 5.75 Å². The molecule has 1 amide bonds. The van der Waals surface area contributed by atoms with E-state index in [1.807, 2.05) is 36.6 Å². The minimum atomic E-state index is -0.276. The van der Waals surface area contributed by atoms with Crippen molar-refractivity contribution in [3.63, 3.8) is 0 Å². The van der Waals surface area contributed by atoms with Crippen LogP contribution in [0.4, 0.5) is 15.8 Å². The second-order valence-electron chi connectivity index (χ2n) is 7.43. The fourth-order valence-corrected chi connectivity index (χ4v) is 4.12. The van der Waals surface area contributed by atoms with E-state index in [0.29, 0.717) is 18.0 Å². The van der Waals surface area contributed by atoms with Crippen molar-refractivity contribution < 1.29 is 13.9 Å². The molecule has 1 N–H and O–H groups in total. The van der Waals surface area contributed by atoms with Crippen molar-refractivity contribution >= 4 is 28.6 Å². The Morgan fingerprint density at radius 2 is 1.90 bits per heavy atom. The summed E-state index contributed by atoms with van der Waals surface area (Å²) in [6.07, 6.45) is 0. The highest BCUT2D eigenvalue weighted by Crippen LogP contribution is 2.25. The van der Waals surface area contributed by atoms with E-state index in [1.54, 1.807) is 17.6 Å². The summed E-state index contributed by atoms with van der Waals surface area (Å²) in [7, 11) is 0. The van der Waals surface area contributed by atoms with Crippen LogP contribution in [-0.2, 0) is 11.4 Å². The van der Waals surface area contributed by atoms with Gasteiger partial charge >= 0.3 is 0 Å². The maximum atomic E-state index is 13.2. The highest BCUT2D eigenvalue weighted by molar-refractivity contribution is 7.07. The van der Waals surface area contributed by atoms with Gasteiger partial charge in [-0.1, -0.05) is 12.1 Å². The number of para-hydroxylation sites is 2. The zero-order valence-corrected chi connectivity index (χ0v) is 18.1. The van der Waals surface area contributed by atoms with Gasteiger partial charge in [0.05, 0.1) is 22.9 Å². The zero-order valence-electron chi connectivity index (χ0n) is 17.3. The summed E-state index contributed by atoms with van der Waals surface area (Å²) in [6, 6.07) is 13.7. The second kappa shape index (κ2) is 9.89. The molecule has 162 valence electrons. The molecule has 1 aliphatic rings. The molecule has 0 bridgehead atoms. The number of piperazine rings is 1. The highest BCUT2D eigenvalue weighted by atomic mass is 32.1. The Balaban J connectivity index is 1.32. The van der Waals surface area contributed by atoms with Crippen LogP contribution in [0.15, 0.2) is 59.4 Å². The van der Waals surface area contributed by atoms with E-state index in [-0.39, 0.29) is 17.8 Å². The molecule has 8 heteroatoms. The summed E-state index contributed by atoms with van der Waals surface area (Å²) >= 11 is 1.52. The van der Waals surface area contributed by atoms with Gasteiger partial charge in [0, 0.05) is 37.2 Å². The molecule has 1 unspecified atom stereocenters. The Kier molecular flexibility index (Phi) is 6.79. The van der Waals surface area contributed by atoms with Gasteiger partial charge in [-0.2, -0.15) is 0 Å². The van der Waals surface area contributed by atoms with Crippen molar-refractivity contribution in [1.29, 1.82) is 0 Å². The Hall–Kier alpha value is -2.97. The molecular weight excluding hydrogens is 415 g/mol. The van der Waals surface area contributed by atoms with E-state index < -0.39 is 0 Å². The quantitative estimate of drug-likeness (QED) is 0.602. The fraction of sp³-hybridized carbons (Fsp3) is 0.304. The first kappa shape index (κ1) is 21.3. The summed E-state index contributed by atoms with van der Waals surface area (Å²) in [6.45, 7) is 5.37. The number of ether oxygens (including phenoxy) is 1. The molecule has 31 heavy (non-hydrogen) atoms. The SMILES string of the molecule is CC(C(=O)Nc1ccccc1OCc1cscn1)N1CCN(c2ccc(F)cc2)CC1. The first-order valence-corrected chi connectivity index (χ1v) is 11.2. The third-order valence-electron chi connectivity index (χ3n) is 5.44. The predicted octanol–water partition coefficient (Wildman–Crippen LogP) is 4.01. The molecule has 1 aromatic heterocycles. The molecule has 1 saturated heterocycles. The van der Waals surface area contributed by atoms with Gasteiger partial charge in [0.2, 0.25) is 5.91 Å². The molecule has 0 saturated carbocycles. The van der Waals surface area contributed by atoms with Crippen LogP contribution in [0.25, 0.3) is 0 Å². The zero-order chi connectivity index (χ0) is 21.6. The molecule has 0 spiro atoms. The topological polar surface area (TPSA) is 57.7 Å². The van der Waals surface area contributed by atoms with Crippen molar-refractivity contribution in [2.45, 2.75) is 19.6 Å². The van der Waals surface area contributed by atoms with Crippen molar-refractivity contribution in [2.75, 3.05) is 36.4 Å². The molecule has 3 aromatic rings. The Morgan fingerprint density at radius 3 is 2.61 bits per heavy atom. The van der Waals surface area contributed by atoms with Crippen molar-refractivity contribution in [2.24, 2.45) is 0 Å². The monoisotopic (exact) mass is 440 g/mol. The molecule has 2 heterocycles. The summed E-state index contributed by atoms with van der Waals surface area (Å²) in [5.74, 6) is 0.320. The number of carbonyl (C=O) groups excluding carboxylic acids is 1. The van der Waals surface area contributed by atoms with Gasteiger partial charge in [-0.05, 0) is 43.3 Å². The molecule has 1 fully saturated rings. The molecule has 4 rings (SSSR count). The highest BCUT2D eigenvalue weighted by Gasteiger charge is 2.26. The number of nitrogens with zero attached hydrogens (tertiary/aromatic N) is 3. The van der Waals surface area contributed by atoms with E-state index in [9.17, 15) is 9.18 Å². The van der Waals surface area contributed by atoms with Gasteiger partial charge in [0.15, 0.2) is 0 Å². The standard InChI is InChI=1S/C23H25FN4O2S/c1-17(27-10-12-28(13-11-27)20-8-6-18(24)7-9-20)23(29)26-21-4-2-3-5-22(21)30-14-19-15-31-16-25-19/h2-9,15-17H,10-14H2,1H3,(H,26,29). The number of rotatable bonds is 7. The average Bonchev–Trinajstić information content (AvgIpc) is 3.32. The summed E-state index contributed by atoms with van der Waals surface area (Å²) in [5.41, 5.74) is 4.28. The molecule has 1 atom stereocenters. The molecule has 6 nitrogen and oxygen atoms in total. The number of hydrogen-bond donors (Lipinski definition) is 1. The number of amides is 1. The van der Waals surface area contributed by atoms with Crippen LogP contribution < -0.4 is 15.0 Å². The summed E-state index contributed by atoms with van der Waals surface area (Å²) in [4.78, 5) is 21.5. The maximum absolute atomic E-state index is 13.2. The van der Waals surface area contributed by atoms with Crippen LogP contribution in [0, 0.1) is 5.82 Å². The van der Waals surface area contributed by atoms with Gasteiger partial charge < -0.3 is 15.0 Å². The smallest absolute Gasteiger partial charge is 0.241 e. The minimum absolute atomic E-state index is 0.0695. The molecular formula is C23H25FN4O2S. The number of halogens is 1. The van der Waals surface area contributed by atoms with Crippen LogP contribution in [0.1, 0.15) is 12.6 Å². The third kappa shape index (κ3) is 5.39. The van der Waals surface area contributed by atoms with Gasteiger partial charge in [-0.25, -0.2) is 9.37 Å². The number of aromatic nitrogens is 1. The fourth-order valence-electron chi connectivity index (χ4n) is 3.58.